The summed E-state index contributed by atoms with van der Waals surface area (Å²) >= 11 is 0. The monoisotopic (exact) mass is 245 g/mol. The van der Waals surface area contributed by atoms with Crippen LogP contribution in [0.15, 0.2) is 24.4 Å². The van der Waals surface area contributed by atoms with E-state index in [4.69, 9.17) is 0 Å². The SMILES string of the molecule is CNC1(C)CCN(c2nc3ccccn3n2)CC1. The number of hydrogen-bond donors (Lipinski definition) is 1. The molecular weight excluding hydrogens is 226 g/mol. The number of aromatic nitrogens is 3. The van der Waals surface area contributed by atoms with Crippen molar-refractivity contribution in [3.05, 3.63) is 24.4 Å². The number of rotatable bonds is 2. The highest BCUT2D eigenvalue weighted by Crippen LogP contribution is 2.23. The van der Waals surface area contributed by atoms with E-state index in [1.807, 2.05) is 36.0 Å². The van der Waals surface area contributed by atoms with Crippen molar-refractivity contribution in [2.45, 2.75) is 25.3 Å². The third kappa shape index (κ3) is 1.95. The molecular formula is C13H19N5. The van der Waals surface area contributed by atoms with Crippen molar-refractivity contribution >= 4 is 11.6 Å². The molecule has 1 aliphatic heterocycles. The van der Waals surface area contributed by atoms with Gasteiger partial charge < -0.3 is 10.2 Å². The number of nitrogens with zero attached hydrogens (tertiary/aromatic N) is 4. The van der Waals surface area contributed by atoms with Gasteiger partial charge >= 0.3 is 0 Å². The maximum atomic E-state index is 4.57. The van der Waals surface area contributed by atoms with Crippen LogP contribution in [0.3, 0.4) is 0 Å². The van der Waals surface area contributed by atoms with E-state index < -0.39 is 0 Å². The molecule has 0 saturated carbocycles. The van der Waals surface area contributed by atoms with Crippen LogP contribution in [-0.4, -0.2) is 40.3 Å². The molecule has 18 heavy (non-hydrogen) atoms. The smallest absolute Gasteiger partial charge is 0.245 e. The Balaban J connectivity index is 1.80. The second-order valence-electron chi connectivity index (χ2n) is 5.21. The van der Waals surface area contributed by atoms with E-state index in [1.165, 1.54) is 0 Å². The number of piperidine rings is 1. The Bertz CT molecular complexity index is 506. The first-order chi connectivity index (χ1) is 8.70. The van der Waals surface area contributed by atoms with E-state index >= 15 is 0 Å². The average Bonchev–Trinajstić information content (AvgIpc) is 2.83. The topological polar surface area (TPSA) is 45.5 Å². The van der Waals surface area contributed by atoms with E-state index in [0.717, 1.165) is 37.5 Å². The van der Waals surface area contributed by atoms with Crippen LogP contribution in [0.1, 0.15) is 19.8 Å². The van der Waals surface area contributed by atoms with Gasteiger partial charge in [0, 0.05) is 24.8 Å². The lowest BCUT2D eigenvalue weighted by Crippen LogP contribution is -2.50. The van der Waals surface area contributed by atoms with Gasteiger partial charge in [-0.1, -0.05) is 6.07 Å². The second kappa shape index (κ2) is 4.24. The molecule has 0 unspecified atom stereocenters. The van der Waals surface area contributed by atoms with E-state index in [2.05, 4.69) is 27.2 Å². The fourth-order valence-electron chi connectivity index (χ4n) is 2.40. The fraction of sp³-hybridized carbons (Fsp3) is 0.538. The highest BCUT2D eigenvalue weighted by atomic mass is 15.4. The van der Waals surface area contributed by atoms with Gasteiger partial charge in [-0.25, -0.2) is 4.52 Å². The molecule has 2 aromatic rings. The maximum Gasteiger partial charge on any atom is 0.245 e. The van der Waals surface area contributed by atoms with Gasteiger partial charge in [0.1, 0.15) is 0 Å². The Morgan fingerprint density at radius 2 is 2.06 bits per heavy atom. The molecule has 1 saturated heterocycles. The molecule has 0 amide bonds. The van der Waals surface area contributed by atoms with E-state index in [1.54, 1.807) is 0 Å². The predicted molar refractivity (Wildman–Crippen MR) is 71.9 cm³/mol. The van der Waals surface area contributed by atoms with E-state index in [0.29, 0.717) is 0 Å². The molecule has 1 N–H and O–H groups in total. The molecule has 0 atom stereocenters. The fourth-order valence-corrected chi connectivity index (χ4v) is 2.40. The van der Waals surface area contributed by atoms with Gasteiger partial charge in [0.25, 0.3) is 0 Å². The van der Waals surface area contributed by atoms with Crippen molar-refractivity contribution < 1.29 is 0 Å². The summed E-state index contributed by atoms with van der Waals surface area (Å²) in [6.45, 7) is 4.30. The molecule has 5 heteroatoms. The Labute approximate surface area is 107 Å². The van der Waals surface area contributed by atoms with Crippen molar-refractivity contribution in [3.63, 3.8) is 0 Å². The number of pyridine rings is 1. The molecule has 1 aliphatic rings. The Morgan fingerprint density at radius 3 is 2.72 bits per heavy atom. The summed E-state index contributed by atoms with van der Waals surface area (Å²) < 4.78 is 1.83. The van der Waals surface area contributed by atoms with Crippen LogP contribution in [0.5, 0.6) is 0 Å². The molecule has 2 aromatic heterocycles. The molecule has 0 spiro atoms. The second-order valence-corrected chi connectivity index (χ2v) is 5.21. The van der Waals surface area contributed by atoms with Crippen LogP contribution in [0.2, 0.25) is 0 Å². The van der Waals surface area contributed by atoms with Crippen molar-refractivity contribution in [2.24, 2.45) is 0 Å². The molecule has 0 aromatic carbocycles. The summed E-state index contributed by atoms with van der Waals surface area (Å²) in [6.07, 6.45) is 4.19. The van der Waals surface area contributed by atoms with Gasteiger partial charge in [0.2, 0.25) is 5.95 Å². The van der Waals surface area contributed by atoms with Crippen molar-refractivity contribution in [2.75, 3.05) is 25.0 Å². The third-order valence-electron chi connectivity index (χ3n) is 3.98. The van der Waals surface area contributed by atoms with Gasteiger partial charge in [0.05, 0.1) is 0 Å². The number of anilines is 1. The van der Waals surface area contributed by atoms with E-state index in [9.17, 15) is 0 Å². The minimum absolute atomic E-state index is 0.260. The van der Waals surface area contributed by atoms with Crippen molar-refractivity contribution in [1.29, 1.82) is 0 Å². The minimum atomic E-state index is 0.260. The largest absolute Gasteiger partial charge is 0.339 e. The Hall–Kier alpha value is -1.62. The standard InChI is InChI=1S/C13H19N5/c1-13(14-2)6-9-17(10-7-13)12-15-11-5-3-4-8-18(11)16-12/h3-5,8,14H,6-7,9-10H2,1-2H3. The average molecular weight is 245 g/mol. The molecule has 0 bridgehead atoms. The van der Waals surface area contributed by atoms with Crippen LogP contribution in [0.25, 0.3) is 5.65 Å². The van der Waals surface area contributed by atoms with Crippen LogP contribution >= 0.6 is 0 Å². The first-order valence-corrected chi connectivity index (χ1v) is 6.45. The Kier molecular flexibility index (Phi) is 2.70. The van der Waals surface area contributed by atoms with E-state index in [-0.39, 0.29) is 5.54 Å². The summed E-state index contributed by atoms with van der Waals surface area (Å²) in [4.78, 5) is 6.84. The zero-order valence-corrected chi connectivity index (χ0v) is 10.9. The van der Waals surface area contributed by atoms with Crippen LogP contribution < -0.4 is 10.2 Å². The summed E-state index contributed by atoms with van der Waals surface area (Å²) in [5, 5.41) is 7.93. The van der Waals surface area contributed by atoms with Gasteiger partial charge in [-0.15, -0.1) is 5.10 Å². The van der Waals surface area contributed by atoms with Crippen LogP contribution in [0.4, 0.5) is 5.95 Å². The lowest BCUT2D eigenvalue weighted by Gasteiger charge is -2.38. The van der Waals surface area contributed by atoms with Gasteiger partial charge in [-0.2, -0.15) is 4.98 Å². The van der Waals surface area contributed by atoms with Gasteiger partial charge in [-0.3, -0.25) is 0 Å². The number of hydrogen-bond acceptors (Lipinski definition) is 4. The molecule has 3 rings (SSSR count). The van der Waals surface area contributed by atoms with Crippen LogP contribution in [-0.2, 0) is 0 Å². The predicted octanol–water partition coefficient (Wildman–Crippen LogP) is 1.31. The quantitative estimate of drug-likeness (QED) is 0.866. The third-order valence-corrected chi connectivity index (χ3v) is 3.98. The molecule has 5 nitrogen and oxygen atoms in total. The summed E-state index contributed by atoms with van der Waals surface area (Å²) in [5.74, 6) is 0.847. The molecule has 96 valence electrons. The number of fused-ring (bicyclic) bond motifs is 1. The summed E-state index contributed by atoms with van der Waals surface area (Å²) in [5.41, 5.74) is 1.17. The highest BCUT2D eigenvalue weighted by molar-refractivity contribution is 5.44. The lowest BCUT2D eigenvalue weighted by atomic mass is 9.90. The Morgan fingerprint density at radius 1 is 1.28 bits per heavy atom. The zero-order valence-electron chi connectivity index (χ0n) is 10.9. The summed E-state index contributed by atoms with van der Waals surface area (Å²) in [7, 11) is 2.04. The number of nitrogens with one attached hydrogen (secondary N) is 1. The van der Waals surface area contributed by atoms with Crippen molar-refractivity contribution in [3.8, 4) is 0 Å². The van der Waals surface area contributed by atoms with Gasteiger partial charge in [0.15, 0.2) is 5.65 Å². The first-order valence-electron chi connectivity index (χ1n) is 6.45. The molecule has 0 radical (unpaired) electrons. The maximum absolute atomic E-state index is 4.57. The minimum Gasteiger partial charge on any atom is -0.339 e. The molecule has 0 aliphatic carbocycles. The van der Waals surface area contributed by atoms with Crippen LogP contribution in [0, 0.1) is 0 Å². The summed E-state index contributed by atoms with van der Waals surface area (Å²) in [6, 6.07) is 5.94. The normalized spacial score (nSPS) is 19.3. The van der Waals surface area contributed by atoms with Gasteiger partial charge in [-0.05, 0) is 38.9 Å². The zero-order chi connectivity index (χ0) is 12.6. The highest BCUT2D eigenvalue weighted by Gasteiger charge is 2.29. The first kappa shape index (κ1) is 11.5. The lowest BCUT2D eigenvalue weighted by molar-refractivity contribution is 0.303. The van der Waals surface area contributed by atoms with Crippen molar-refractivity contribution in [1.82, 2.24) is 19.9 Å². The molecule has 1 fully saturated rings. The molecule has 3 heterocycles.